The van der Waals surface area contributed by atoms with Gasteiger partial charge in [0.15, 0.2) is 0 Å². The number of nitrogens with zero attached hydrogens (tertiary/aromatic N) is 2. The number of nitrogens with one attached hydrogen (secondary N) is 1. The Hall–Kier alpha value is -3.60. The molecule has 0 fully saturated rings. The van der Waals surface area contributed by atoms with Crippen molar-refractivity contribution >= 4 is 16.9 Å². The molecule has 4 aromatic rings. The normalized spacial score (nSPS) is 11.1. The number of hydrogen-bond acceptors (Lipinski definition) is 2. The Bertz CT molecular complexity index is 1140. The highest BCUT2D eigenvalue weighted by Gasteiger charge is 2.22. The number of aromatic nitrogens is 2. The third kappa shape index (κ3) is 3.72. The number of amides is 1. The summed E-state index contributed by atoms with van der Waals surface area (Å²) in [6.07, 6.45) is 0. The lowest BCUT2D eigenvalue weighted by Crippen LogP contribution is -2.34. The number of aryl methyl sites for hydroxylation is 1. The molecule has 0 saturated heterocycles. The number of carbonyl (C=O) groups excluding carboxylic acids is 1. The molecule has 0 spiro atoms. The number of imidazole rings is 1. The van der Waals surface area contributed by atoms with Gasteiger partial charge in [0.25, 0.3) is 0 Å². The van der Waals surface area contributed by atoms with Crippen LogP contribution in [0.3, 0.4) is 0 Å². The van der Waals surface area contributed by atoms with Crippen molar-refractivity contribution in [3.05, 3.63) is 107 Å². The van der Waals surface area contributed by atoms with E-state index in [4.69, 9.17) is 0 Å². The molecule has 29 heavy (non-hydrogen) atoms. The van der Waals surface area contributed by atoms with E-state index >= 15 is 0 Å². The molecule has 0 unspecified atom stereocenters. The zero-order valence-corrected chi connectivity index (χ0v) is 16.3. The topological polar surface area (TPSA) is 56.0 Å². The van der Waals surface area contributed by atoms with E-state index < -0.39 is 0 Å². The van der Waals surface area contributed by atoms with Gasteiger partial charge in [-0.3, -0.25) is 13.9 Å². The second-order valence-corrected chi connectivity index (χ2v) is 7.03. The van der Waals surface area contributed by atoms with Crippen molar-refractivity contribution in [2.75, 3.05) is 6.54 Å². The molecule has 0 bridgehead atoms. The molecule has 0 aliphatic rings. The highest BCUT2D eigenvalue weighted by molar-refractivity contribution is 5.87. The third-order valence-electron chi connectivity index (χ3n) is 5.21. The van der Waals surface area contributed by atoms with Crippen LogP contribution in [0.5, 0.6) is 0 Å². The minimum atomic E-state index is -0.387. The van der Waals surface area contributed by atoms with Crippen LogP contribution in [0.15, 0.2) is 89.7 Å². The van der Waals surface area contributed by atoms with E-state index in [0.717, 1.165) is 22.2 Å². The minimum Gasteiger partial charge on any atom is -0.353 e. The van der Waals surface area contributed by atoms with Gasteiger partial charge in [-0.25, -0.2) is 4.79 Å². The molecule has 1 heterocycles. The monoisotopic (exact) mass is 385 g/mol. The van der Waals surface area contributed by atoms with Crippen LogP contribution in [-0.4, -0.2) is 21.6 Å². The van der Waals surface area contributed by atoms with Gasteiger partial charge in [0.1, 0.15) is 0 Å². The Morgan fingerprint density at radius 2 is 1.34 bits per heavy atom. The van der Waals surface area contributed by atoms with Crippen LogP contribution < -0.4 is 11.0 Å². The van der Waals surface area contributed by atoms with Crippen LogP contribution in [0, 0.1) is 0 Å². The SMILES string of the molecule is Cn1c(=O)n(CCNC(=O)C(c2ccccc2)c2ccccc2)c2ccccc21. The van der Waals surface area contributed by atoms with E-state index in [1.807, 2.05) is 84.9 Å². The van der Waals surface area contributed by atoms with Gasteiger partial charge in [0.2, 0.25) is 5.91 Å². The predicted octanol–water partition coefficient (Wildman–Crippen LogP) is 3.29. The summed E-state index contributed by atoms with van der Waals surface area (Å²) in [7, 11) is 1.76. The van der Waals surface area contributed by atoms with E-state index in [-0.39, 0.29) is 17.5 Å². The summed E-state index contributed by atoms with van der Waals surface area (Å²) in [5.41, 5.74) is 3.56. The zero-order chi connectivity index (χ0) is 20.2. The van der Waals surface area contributed by atoms with Crippen LogP contribution in [-0.2, 0) is 18.4 Å². The van der Waals surface area contributed by atoms with E-state index in [2.05, 4.69) is 5.32 Å². The van der Waals surface area contributed by atoms with Gasteiger partial charge in [-0.15, -0.1) is 0 Å². The number of para-hydroxylation sites is 2. The zero-order valence-electron chi connectivity index (χ0n) is 16.3. The van der Waals surface area contributed by atoms with Gasteiger partial charge in [-0.2, -0.15) is 0 Å². The van der Waals surface area contributed by atoms with E-state index in [1.165, 1.54) is 0 Å². The van der Waals surface area contributed by atoms with Crippen LogP contribution >= 0.6 is 0 Å². The van der Waals surface area contributed by atoms with Crippen molar-refractivity contribution in [3.63, 3.8) is 0 Å². The molecule has 0 aliphatic carbocycles. The average Bonchev–Trinajstić information content (AvgIpc) is 3.00. The molecule has 0 radical (unpaired) electrons. The van der Waals surface area contributed by atoms with E-state index in [9.17, 15) is 9.59 Å². The Kier molecular flexibility index (Phi) is 5.29. The molecule has 1 aromatic heterocycles. The number of hydrogen-bond donors (Lipinski definition) is 1. The molecule has 0 atom stereocenters. The van der Waals surface area contributed by atoms with E-state index in [1.54, 1.807) is 16.2 Å². The van der Waals surface area contributed by atoms with Crippen molar-refractivity contribution in [3.8, 4) is 0 Å². The first-order valence-corrected chi connectivity index (χ1v) is 9.68. The predicted molar refractivity (Wildman–Crippen MR) is 115 cm³/mol. The summed E-state index contributed by atoms with van der Waals surface area (Å²) >= 11 is 0. The van der Waals surface area contributed by atoms with Crippen molar-refractivity contribution in [1.29, 1.82) is 0 Å². The fraction of sp³-hybridized carbons (Fsp3) is 0.167. The van der Waals surface area contributed by atoms with Crippen molar-refractivity contribution in [2.45, 2.75) is 12.5 Å². The summed E-state index contributed by atoms with van der Waals surface area (Å²) in [4.78, 5) is 25.6. The minimum absolute atomic E-state index is 0.0734. The summed E-state index contributed by atoms with van der Waals surface area (Å²) in [5.74, 6) is -0.461. The Morgan fingerprint density at radius 1 is 0.828 bits per heavy atom. The van der Waals surface area contributed by atoms with Gasteiger partial charge in [-0.05, 0) is 23.3 Å². The summed E-state index contributed by atoms with van der Waals surface area (Å²) in [6, 6.07) is 27.2. The number of rotatable bonds is 6. The van der Waals surface area contributed by atoms with Crippen molar-refractivity contribution in [1.82, 2.24) is 14.5 Å². The molecule has 3 aromatic carbocycles. The van der Waals surface area contributed by atoms with Gasteiger partial charge >= 0.3 is 5.69 Å². The number of benzene rings is 3. The standard InChI is InChI=1S/C24H23N3O2/c1-26-20-14-8-9-15-21(20)27(24(26)29)17-16-25-23(28)22(18-10-4-2-5-11-18)19-12-6-3-7-13-19/h2-15,22H,16-17H2,1H3,(H,25,28). The molecular formula is C24H23N3O2. The summed E-state index contributed by atoms with van der Waals surface area (Å²) in [6.45, 7) is 0.797. The van der Waals surface area contributed by atoms with Gasteiger partial charge in [-0.1, -0.05) is 72.8 Å². The first-order chi connectivity index (χ1) is 14.2. The van der Waals surface area contributed by atoms with Crippen LogP contribution in [0.2, 0.25) is 0 Å². The fourth-order valence-corrected chi connectivity index (χ4v) is 3.76. The van der Waals surface area contributed by atoms with Gasteiger partial charge in [0, 0.05) is 20.1 Å². The van der Waals surface area contributed by atoms with Gasteiger partial charge < -0.3 is 5.32 Å². The van der Waals surface area contributed by atoms with Crippen LogP contribution in [0.25, 0.3) is 11.0 Å². The second kappa shape index (κ2) is 8.19. The quantitative estimate of drug-likeness (QED) is 0.554. The summed E-state index contributed by atoms with van der Waals surface area (Å²) < 4.78 is 3.34. The molecule has 5 heteroatoms. The van der Waals surface area contributed by atoms with Crippen molar-refractivity contribution in [2.24, 2.45) is 7.05 Å². The van der Waals surface area contributed by atoms with Gasteiger partial charge in [0.05, 0.1) is 17.0 Å². The first-order valence-electron chi connectivity index (χ1n) is 9.68. The molecule has 4 rings (SSSR count). The molecular weight excluding hydrogens is 362 g/mol. The van der Waals surface area contributed by atoms with Crippen LogP contribution in [0.1, 0.15) is 17.0 Å². The first kappa shape index (κ1) is 18.7. The Labute approximate surface area is 169 Å². The Balaban J connectivity index is 1.54. The lowest BCUT2D eigenvalue weighted by Gasteiger charge is -2.18. The maximum atomic E-state index is 13.1. The molecule has 0 aliphatic heterocycles. The van der Waals surface area contributed by atoms with Crippen LogP contribution in [0.4, 0.5) is 0 Å². The Morgan fingerprint density at radius 3 is 1.93 bits per heavy atom. The van der Waals surface area contributed by atoms with E-state index in [0.29, 0.717) is 13.1 Å². The maximum absolute atomic E-state index is 13.1. The highest BCUT2D eigenvalue weighted by Crippen LogP contribution is 2.24. The number of carbonyl (C=O) groups is 1. The molecule has 1 N–H and O–H groups in total. The average molecular weight is 385 g/mol. The molecule has 0 saturated carbocycles. The second-order valence-electron chi connectivity index (χ2n) is 7.03. The highest BCUT2D eigenvalue weighted by atomic mass is 16.2. The maximum Gasteiger partial charge on any atom is 0.328 e. The van der Waals surface area contributed by atoms with Crippen molar-refractivity contribution < 1.29 is 4.79 Å². The number of fused-ring (bicyclic) bond motifs is 1. The lowest BCUT2D eigenvalue weighted by molar-refractivity contribution is -0.121. The molecule has 146 valence electrons. The summed E-state index contributed by atoms with van der Waals surface area (Å²) in [5, 5.41) is 3.02. The molecule has 5 nitrogen and oxygen atoms in total. The lowest BCUT2D eigenvalue weighted by atomic mass is 9.90. The fourth-order valence-electron chi connectivity index (χ4n) is 3.76. The third-order valence-corrected chi connectivity index (χ3v) is 5.21. The molecule has 1 amide bonds. The smallest absolute Gasteiger partial charge is 0.328 e. The largest absolute Gasteiger partial charge is 0.353 e.